The third kappa shape index (κ3) is 4.01. The molecular formula is C17H20N2O5S. The molecule has 1 atom stereocenters. The van der Waals surface area contributed by atoms with Crippen molar-refractivity contribution in [1.82, 2.24) is 10.6 Å². The number of thioether (sulfide) groups is 1. The fourth-order valence-electron chi connectivity index (χ4n) is 2.66. The van der Waals surface area contributed by atoms with Crippen molar-refractivity contribution in [3.8, 4) is 11.5 Å². The van der Waals surface area contributed by atoms with E-state index in [0.717, 1.165) is 10.6 Å². The highest BCUT2D eigenvalue weighted by Crippen LogP contribution is 2.35. The number of hydrogen-bond acceptors (Lipinski definition) is 6. The number of urea groups is 1. The molecule has 0 bridgehead atoms. The monoisotopic (exact) mass is 364 g/mol. The molecule has 0 fully saturated rings. The number of ether oxygens (including phenoxy) is 3. The molecule has 0 aliphatic carbocycles. The minimum atomic E-state index is -0.416. The molecule has 1 aromatic rings. The number of nitrogens with one attached hydrogen (secondary N) is 2. The Morgan fingerprint density at radius 3 is 2.84 bits per heavy atom. The SMILES string of the molecule is CCOC(=O)C1=C(CSc2ccc3c(c2)OCCO3)NC(=O)NC1C. The number of amides is 2. The summed E-state index contributed by atoms with van der Waals surface area (Å²) in [5.74, 6) is 1.45. The molecule has 0 aromatic heterocycles. The van der Waals surface area contributed by atoms with Gasteiger partial charge < -0.3 is 24.8 Å². The summed E-state index contributed by atoms with van der Waals surface area (Å²) in [6.45, 7) is 4.87. The van der Waals surface area contributed by atoms with Crippen molar-refractivity contribution in [1.29, 1.82) is 0 Å². The van der Waals surface area contributed by atoms with E-state index in [9.17, 15) is 9.59 Å². The number of hydrogen-bond donors (Lipinski definition) is 2. The summed E-state index contributed by atoms with van der Waals surface area (Å²) in [5.41, 5.74) is 1.01. The predicted molar refractivity (Wildman–Crippen MR) is 92.9 cm³/mol. The Balaban J connectivity index is 1.77. The highest BCUT2D eigenvalue weighted by Gasteiger charge is 2.29. The van der Waals surface area contributed by atoms with Crippen molar-refractivity contribution in [2.75, 3.05) is 25.6 Å². The smallest absolute Gasteiger partial charge is 0.337 e. The second kappa shape index (κ2) is 7.69. The second-order valence-electron chi connectivity index (χ2n) is 5.53. The molecule has 0 radical (unpaired) electrons. The van der Waals surface area contributed by atoms with E-state index in [1.807, 2.05) is 18.2 Å². The maximum absolute atomic E-state index is 12.2. The molecule has 1 unspecified atom stereocenters. The van der Waals surface area contributed by atoms with Crippen LogP contribution < -0.4 is 20.1 Å². The van der Waals surface area contributed by atoms with Crippen LogP contribution in [0.1, 0.15) is 13.8 Å². The van der Waals surface area contributed by atoms with Gasteiger partial charge in [-0.1, -0.05) is 0 Å². The Labute approximate surface area is 150 Å². The minimum Gasteiger partial charge on any atom is -0.486 e. The molecule has 2 aliphatic heterocycles. The maximum atomic E-state index is 12.2. The topological polar surface area (TPSA) is 85.9 Å². The summed E-state index contributed by atoms with van der Waals surface area (Å²) >= 11 is 1.50. The van der Waals surface area contributed by atoms with Crippen molar-refractivity contribution in [3.05, 3.63) is 29.5 Å². The standard InChI is InChI=1S/C17H20N2O5S/c1-3-22-16(20)15-10(2)18-17(21)19-12(15)9-25-11-4-5-13-14(8-11)24-7-6-23-13/h4-5,8,10H,3,6-7,9H2,1-2H3,(H2,18,19,21). The van der Waals surface area contributed by atoms with Crippen molar-refractivity contribution >= 4 is 23.8 Å². The predicted octanol–water partition coefficient (Wildman–Crippen LogP) is 2.07. The Morgan fingerprint density at radius 1 is 1.32 bits per heavy atom. The average molecular weight is 364 g/mol. The zero-order valence-electron chi connectivity index (χ0n) is 14.1. The van der Waals surface area contributed by atoms with E-state index >= 15 is 0 Å². The van der Waals surface area contributed by atoms with E-state index in [0.29, 0.717) is 36.0 Å². The molecule has 2 amide bonds. The molecule has 2 N–H and O–H groups in total. The highest BCUT2D eigenvalue weighted by atomic mass is 32.2. The van der Waals surface area contributed by atoms with Gasteiger partial charge in [0.1, 0.15) is 13.2 Å². The third-order valence-electron chi connectivity index (χ3n) is 3.76. The van der Waals surface area contributed by atoms with Gasteiger partial charge in [0.05, 0.1) is 18.2 Å². The van der Waals surface area contributed by atoms with Gasteiger partial charge in [-0.05, 0) is 32.0 Å². The maximum Gasteiger partial charge on any atom is 0.337 e. The lowest BCUT2D eigenvalue weighted by molar-refractivity contribution is -0.138. The molecule has 0 saturated heterocycles. The van der Waals surface area contributed by atoms with Gasteiger partial charge in [-0.25, -0.2) is 9.59 Å². The number of benzene rings is 1. The lowest BCUT2D eigenvalue weighted by atomic mass is 10.1. The van der Waals surface area contributed by atoms with Crippen molar-refractivity contribution < 1.29 is 23.8 Å². The fourth-order valence-corrected chi connectivity index (χ4v) is 3.56. The second-order valence-corrected chi connectivity index (χ2v) is 6.58. The number of esters is 1. The summed E-state index contributed by atoms with van der Waals surface area (Å²) in [6, 6.07) is 4.97. The van der Waals surface area contributed by atoms with Gasteiger partial charge in [0.15, 0.2) is 11.5 Å². The van der Waals surface area contributed by atoms with Crippen LogP contribution in [-0.2, 0) is 9.53 Å². The van der Waals surface area contributed by atoms with Crippen LogP contribution in [0.4, 0.5) is 4.79 Å². The first kappa shape index (κ1) is 17.5. The van der Waals surface area contributed by atoms with Gasteiger partial charge in [-0.3, -0.25) is 0 Å². The molecule has 1 aromatic carbocycles. The zero-order valence-corrected chi connectivity index (χ0v) is 14.9. The van der Waals surface area contributed by atoms with E-state index < -0.39 is 12.0 Å². The van der Waals surface area contributed by atoms with E-state index in [2.05, 4.69) is 10.6 Å². The largest absolute Gasteiger partial charge is 0.486 e. The molecule has 7 nitrogen and oxygen atoms in total. The first-order chi connectivity index (χ1) is 12.1. The fraction of sp³-hybridized carbons (Fsp3) is 0.412. The van der Waals surface area contributed by atoms with Gasteiger partial charge in [0.25, 0.3) is 0 Å². The van der Waals surface area contributed by atoms with Crippen LogP contribution in [-0.4, -0.2) is 43.6 Å². The molecule has 25 heavy (non-hydrogen) atoms. The Kier molecular flexibility index (Phi) is 5.37. The van der Waals surface area contributed by atoms with Crippen LogP contribution in [0.15, 0.2) is 34.4 Å². The Bertz CT molecular complexity index is 719. The van der Waals surface area contributed by atoms with Crippen LogP contribution in [0.5, 0.6) is 11.5 Å². The van der Waals surface area contributed by atoms with Crippen LogP contribution in [0.25, 0.3) is 0 Å². The summed E-state index contributed by atoms with van der Waals surface area (Å²) < 4.78 is 16.2. The Hall–Kier alpha value is -2.35. The zero-order chi connectivity index (χ0) is 17.8. The lowest BCUT2D eigenvalue weighted by Crippen LogP contribution is -2.49. The summed E-state index contributed by atoms with van der Waals surface area (Å²) in [6.07, 6.45) is 0. The molecule has 134 valence electrons. The van der Waals surface area contributed by atoms with Gasteiger partial charge in [-0.15, -0.1) is 11.8 Å². The lowest BCUT2D eigenvalue weighted by Gasteiger charge is -2.26. The third-order valence-corrected chi connectivity index (χ3v) is 4.78. The Morgan fingerprint density at radius 2 is 2.08 bits per heavy atom. The first-order valence-corrected chi connectivity index (χ1v) is 9.07. The number of rotatable bonds is 5. The quantitative estimate of drug-likeness (QED) is 0.614. The number of carbonyl (C=O) groups is 2. The summed E-state index contributed by atoms with van der Waals surface area (Å²) in [4.78, 5) is 24.9. The van der Waals surface area contributed by atoms with E-state index in [1.165, 1.54) is 11.8 Å². The first-order valence-electron chi connectivity index (χ1n) is 8.08. The van der Waals surface area contributed by atoms with Crippen LogP contribution in [0, 0.1) is 0 Å². The van der Waals surface area contributed by atoms with Gasteiger partial charge >= 0.3 is 12.0 Å². The van der Waals surface area contributed by atoms with Crippen molar-refractivity contribution in [3.63, 3.8) is 0 Å². The van der Waals surface area contributed by atoms with Crippen LogP contribution >= 0.6 is 11.8 Å². The molecule has 8 heteroatoms. The average Bonchev–Trinajstić information content (AvgIpc) is 2.59. The highest BCUT2D eigenvalue weighted by molar-refractivity contribution is 7.99. The molecule has 2 heterocycles. The van der Waals surface area contributed by atoms with Crippen LogP contribution in [0.2, 0.25) is 0 Å². The molecule has 0 spiro atoms. The number of fused-ring (bicyclic) bond motifs is 1. The van der Waals surface area contributed by atoms with Gasteiger partial charge in [-0.2, -0.15) is 0 Å². The minimum absolute atomic E-state index is 0.283. The van der Waals surface area contributed by atoms with Crippen molar-refractivity contribution in [2.45, 2.75) is 24.8 Å². The molecule has 2 aliphatic rings. The van der Waals surface area contributed by atoms with Gasteiger partial charge in [0, 0.05) is 16.3 Å². The number of carbonyl (C=O) groups excluding carboxylic acids is 2. The van der Waals surface area contributed by atoms with E-state index in [1.54, 1.807) is 13.8 Å². The molecule has 3 rings (SSSR count). The summed E-state index contributed by atoms with van der Waals surface area (Å²) in [5, 5.41) is 5.40. The molecular weight excluding hydrogens is 344 g/mol. The van der Waals surface area contributed by atoms with E-state index in [-0.39, 0.29) is 12.6 Å². The van der Waals surface area contributed by atoms with Crippen LogP contribution in [0.3, 0.4) is 0 Å². The van der Waals surface area contributed by atoms with Crippen molar-refractivity contribution in [2.24, 2.45) is 0 Å². The normalized spacial score (nSPS) is 19.1. The summed E-state index contributed by atoms with van der Waals surface area (Å²) in [7, 11) is 0. The molecule has 0 saturated carbocycles. The van der Waals surface area contributed by atoms with Gasteiger partial charge in [0.2, 0.25) is 0 Å². The van der Waals surface area contributed by atoms with E-state index in [4.69, 9.17) is 14.2 Å².